The summed E-state index contributed by atoms with van der Waals surface area (Å²) in [5.74, 6) is 0.533. The van der Waals surface area contributed by atoms with Crippen molar-refractivity contribution in [1.82, 2.24) is 15.5 Å². The number of halogens is 1. The van der Waals surface area contributed by atoms with Gasteiger partial charge in [0.25, 0.3) is 0 Å². The van der Waals surface area contributed by atoms with Gasteiger partial charge in [0.2, 0.25) is 0 Å². The summed E-state index contributed by atoms with van der Waals surface area (Å²) in [5, 5.41) is 11.3. The summed E-state index contributed by atoms with van der Waals surface area (Å²) in [6, 6.07) is 6.51. The van der Waals surface area contributed by atoms with Crippen LogP contribution in [0.25, 0.3) is 11.3 Å². The molecule has 0 amide bonds. The molecule has 106 valence electrons. The minimum absolute atomic E-state index is 0.533. The summed E-state index contributed by atoms with van der Waals surface area (Å²) in [5.41, 5.74) is 6.02. The fourth-order valence-electron chi connectivity index (χ4n) is 2.97. The van der Waals surface area contributed by atoms with Crippen LogP contribution in [0, 0.1) is 13.8 Å². The second-order valence-electron chi connectivity index (χ2n) is 5.66. The van der Waals surface area contributed by atoms with Crippen molar-refractivity contribution in [3.63, 3.8) is 0 Å². The fourth-order valence-corrected chi connectivity index (χ4v) is 3.68. The Labute approximate surface area is 128 Å². The Morgan fingerprint density at radius 1 is 1.30 bits per heavy atom. The zero-order chi connectivity index (χ0) is 14.1. The predicted octanol–water partition coefficient (Wildman–Crippen LogP) is 3.92. The van der Waals surface area contributed by atoms with Gasteiger partial charge in [-0.15, -0.1) is 0 Å². The van der Waals surface area contributed by atoms with Crippen LogP contribution in [0.15, 0.2) is 22.7 Å². The van der Waals surface area contributed by atoms with E-state index < -0.39 is 0 Å². The van der Waals surface area contributed by atoms with Gasteiger partial charge in [-0.3, -0.25) is 5.10 Å². The molecule has 3 rings (SSSR count). The summed E-state index contributed by atoms with van der Waals surface area (Å²) in [7, 11) is 0. The van der Waals surface area contributed by atoms with E-state index in [0.717, 1.165) is 23.3 Å². The van der Waals surface area contributed by atoms with Crippen molar-refractivity contribution in [3.8, 4) is 11.3 Å². The largest absolute Gasteiger partial charge is 0.316 e. The Hall–Kier alpha value is -1.13. The van der Waals surface area contributed by atoms with E-state index in [1.165, 1.54) is 35.2 Å². The van der Waals surface area contributed by atoms with Gasteiger partial charge in [-0.2, -0.15) is 5.10 Å². The SMILES string of the molecule is Cc1ccc(-c2n[nH]c(C3CCCNC3)c2Br)c(C)c1. The molecule has 1 saturated heterocycles. The molecule has 0 bridgehead atoms. The van der Waals surface area contributed by atoms with Crippen molar-refractivity contribution in [3.05, 3.63) is 39.5 Å². The Kier molecular flexibility index (Phi) is 3.94. The van der Waals surface area contributed by atoms with Crippen molar-refractivity contribution < 1.29 is 0 Å². The zero-order valence-electron chi connectivity index (χ0n) is 12.0. The molecule has 2 aromatic rings. The molecule has 2 heterocycles. The van der Waals surface area contributed by atoms with Crippen molar-refractivity contribution in [2.45, 2.75) is 32.6 Å². The fraction of sp³-hybridized carbons (Fsp3) is 0.438. The molecule has 3 nitrogen and oxygen atoms in total. The molecule has 2 N–H and O–H groups in total. The molecule has 20 heavy (non-hydrogen) atoms. The maximum Gasteiger partial charge on any atom is 0.107 e. The third-order valence-electron chi connectivity index (χ3n) is 4.07. The number of nitrogens with one attached hydrogen (secondary N) is 2. The van der Waals surface area contributed by atoms with Gasteiger partial charge in [-0.05, 0) is 54.7 Å². The Balaban J connectivity index is 1.97. The smallest absolute Gasteiger partial charge is 0.107 e. The third kappa shape index (κ3) is 2.54. The lowest BCUT2D eigenvalue weighted by molar-refractivity contribution is 0.453. The number of aromatic amines is 1. The van der Waals surface area contributed by atoms with Crippen LogP contribution in [-0.2, 0) is 0 Å². The number of H-pyrrole nitrogens is 1. The van der Waals surface area contributed by atoms with E-state index in [1.807, 2.05) is 0 Å². The van der Waals surface area contributed by atoms with Crippen LogP contribution >= 0.6 is 15.9 Å². The molecule has 0 saturated carbocycles. The first kappa shape index (κ1) is 13.8. The van der Waals surface area contributed by atoms with E-state index in [-0.39, 0.29) is 0 Å². The van der Waals surface area contributed by atoms with Gasteiger partial charge in [0, 0.05) is 18.0 Å². The van der Waals surface area contributed by atoms with Gasteiger partial charge in [-0.1, -0.05) is 23.8 Å². The van der Waals surface area contributed by atoms with Crippen LogP contribution in [-0.4, -0.2) is 23.3 Å². The molecule has 1 aromatic heterocycles. The number of aromatic nitrogens is 2. The predicted molar refractivity (Wildman–Crippen MR) is 86.0 cm³/mol. The summed E-state index contributed by atoms with van der Waals surface area (Å²) >= 11 is 3.75. The van der Waals surface area contributed by atoms with E-state index in [4.69, 9.17) is 0 Å². The Morgan fingerprint density at radius 2 is 2.15 bits per heavy atom. The number of aryl methyl sites for hydroxylation is 2. The lowest BCUT2D eigenvalue weighted by atomic mass is 9.95. The number of hydrogen-bond acceptors (Lipinski definition) is 2. The van der Waals surface area contributed by atoms with Crippen LogP contribution in [0.4, 0.5) is 0 Å². The van der Waals surface area contributed by atoms with Gasteiger partial charge in [0.15, 0.2) is 0 Å². The normalized spacial score (nSPS) is 19.2. The lowest BCUT2D eigenvalue weighted by Gasteiger charge is -2.21. The third-order valence-corrected chi connectivity index (χ3v) is 4.88. The van der Waals surface area contributed by atoms with Crippen LogP contribution in [0.1, 0.15) is 35.6 Å². The van der Waals surface area contributed by atoms with Crippen LogP contribution < -0.4 is 5.32 Å². The van der Waals surface area contributed by atoms with Crippen LogP contribution in [0.3, 0.4) is 0 Å². The van der Waals surface area contributed by atoms with Crippen molar-refractivity contribution >= 4 is 15.9 Å². The molecular formula is C16H20BrN3. The number of nitrogens with zero attached hydrogens (tertiary/aromatic N) is 1. The maximum absolute atomic E-state index is 4.55. The molecule has 4 heteroatoms. The second-order valence-corrected chi connectivity index (χ2v) is 6.45. The van der Waals surface area contributed by atoms with E-state index in [9.17, 15) is 0 Å². The molecule has 1 fully saturated rings. The van der Waals surface area contributed by atoms with Crippen LogP contribution in [0.5, 0.6) is 0 Å². The van der Waals surface area contributed by atoms with Gasteiger partial charge in [0.05, 0.1) is 10.2 Å². The first-order chi connectivity index (χ1) is 9.66. The Morgan fingerprint density at radius 3 is 2.85 bits per heavy atom. The van der Waals surface area contributed by atoms with Crippen molar-refractivity contribution in [2.24, 2.45) is 0 Å². The number of piperidine rings is 1. The molecule has 1 unspecified atom stereocenters. The average Bonchev–Trinajstić information content (AvgIpc) is 2.82. The number of benzene rings is 1. The zero-order valence-corrected chi connectivity index (χ0v) is 13.5. The Bertz CT molecular complexity index is 612. The summed E-state index contributed by atoms with van der Waals surface area (Å²) < 4.78 is 1.12. The van der Waals surface area contributed by atoms with E-state index in [2.05, 4.69) is 63.5 Å². The molecule has 0 aliphatic carbocycles. The minimum atomic E-state index is 0.533. The summed E-state index contributed by atoms with van der Waals surface area (Å²) in [4.78, 5) is 0. The maximum atomic E-state index is 4.55. The highest BCUT2D eigenvalue weighted by atomic mass is 79.9. The van der Waals surface area contributed by atoms with Gasteiger partial charge < -0.3 is 5.32 Å². The van der Waals surface area contributed by atoms with E-state index in [0.29, 0.717) is 5.92 Å². The molecule has 0 spiro atoms. The van der Waals surface area contributed by atoms with Gasteiger partial charge in [0.1, 0.15) is 5.69 Å². The van der Waals surface area contributed by atoms with Gasteiger partial charge >= 0.3 is 0 Å². The topological polar surface area (TPSA) is 40.7 Å². The molecule has 1 atom stereocenters. The second kappa shape index (κ2) is 5.70. The lowest BCUT2D eigenvalue weighted by Crippen LogP contribution is -2.28. The minimum Gasteiger partial charge on any atom is -0.316 e. The molecule has 1 aromatic carbocycles. The molecule has 0 radical (unpaired) electrons. The number of hydrogen-bond donors (Lipinski definition) is 2. The van der Waals surface area contributed by atoms with Crippen molar-refractivity contribution in [1.29, 1.82) is 0 Å². The molecule has 1 aliphatic heterocycles. The standard InChI is InChI=1S/C16H20BrN3/c1-10-5-6-13(11(2)8-10)16-14(17)15(19-20-16)12-4-3-7-18-9-12/h5-6,8,12,18H,3-4,7,9H2,1-2H3,(H,19,20). The highest BCUT2D eigenvalue weighted by molar-refractivity contribution is 9.10. The highest BCUT2D eigenvalue weighted by Crippen LogP contribution is 2.36. The monoisotopic (exact) mass is 333 g/mol. The number of rotatable bonds is 2. The quantitative estimate of drug-likeness (QED) is 0.874. The average molecular weight is 334 g/mol. The summed E-state index contributed by atoms with van der Waals surface area (Å²) in [6.45, 7) is 6.43. The van der Waals surface area contributed by atoms with E-state index >= 15 is 0 Å². The first-order valence-corrected chi connectivity index (χ1v) is 7.98. The van der Waals surface area contributed by atoms with E-state index in [1.54, 1.807) is 0 Å². The summed E-state index contributed by atoms with van der Waals surface area (Å²) in [6.07, 6.45) is 2.45. The molecule has 1 aliphatic rings. The van der Waals surface area contributed by atoms with Crippen LogP contribution in [0.2, 0.25) is 0 Å². The highest BCUT2D eigenvalue weighted by Gasteiger charge is 2.22. The molecular weight excluding hydrogens is 314 g/mol. The first-order valence-electron chi connectivity index (χ1n) is 7.19. The van der Waals surface area contributed by atoms with Crippen molar-refractivity contribution in [2.75, 3.05) is 13.1 Å². The van der Waals surface area contributed by atoms with Gasteiger partial charge in [-0.25, -0.2) is 0 Å².